The summed E-state index contributed by atoms with van der Waals surface area (Å²) in [6, 6.07) is 6.02. The maximum atomic E-state index is 13.7. The summed E-state index contributed by atoms with van der Waals surface area (Å²) in [5.41, 5.74) is 7.30. The first kappa shape index (κ1) is 20.4. The second-order valence-electron chi connectivity index (χ2n) is 6.77. The van der Waals surface area contributed by atoms with Crippen molar-refractivity contribution in [2.24, 2.45) is 0 Å². The molecule has 27 heavy (non-hydrogen) atoms. The molecule has 9 heteroatoms. The lowest BCUT2D eigenvalue weighted by atomic mass is 10.1. The first-order valence-electron chi connectivity index (χ1n) is 7.90. The molecule has 0 atom stereocenters. The molecule has 0 heterocycles. The lowest BCUT2D eigenvalue weighted by Crippen LogP contribution is -2.56. The van der Waals surface area contributed by atoms with Crippen LogP contribution in [0.25, 0.3) is 0 Å². The SMILES string of the molecule is CC(C)(C)N(NC(=O)Nc1cc(F)ccc1F)C(=O)c1cc(N)cc(Cl)c1. The van der Waals surface area contributed by atoms with Gasteiger partial charge in [0.05, 0.1) is 11.2 Å². The number of hydrazine groups is 1. The van der Waals surface area contributed by atoms with Crippen LogP contribution in [0.15, 0.2) is 36.4 Å². The number of rotatable bonds is 2. The van der Waals surface area contributed by atoms with Crippen molar-refractivity contribution in [1.82, 2.24) is 10.4 Å². The maximum absolute atomic E-state index is 13.7. The van der Waals surface area contributed by atoms with Gasteiger partial charge in [-0.3, -0.25) is 4.79 Å². The molecule has 0 aromatic heterocycles. The molecule has 3 amide bonds. The first-order valence-corrected chi connectivity index (χ1v) is 8.28. The number of hydrogen-bond acceptors (Lipinski definition) is 3. The average Bonchev–Trinajstić information content (AvgIpc) is 2.53. The number of nitrogens with two attached hydrogens (primary N) is 1. The zero-order valence-corrected chi connectivity index (χ0v) is 15.7. The van der Waals surface area contributed by atoms with Crippen LogP contribution in [0.4, 0.5) is 25.0 Å². The van der Waals surface area contributed by atoms with E-state index >= 15 is 0 Å². The van der Waals surface area contributed by atoms with Crippen molar-refractivity contribution in [1.29, 1.82) is 0 Å². The minimum atomic E-state index is -0.919. The molecule has 0 fully saturated rings. The molecule has 0 bridgehead atoms. The van der Waals surface area contributed by atoms with Gasteiger partial charge in [0.1, 0.15) is 11.6 Å². The Bertz CT molecular complexity index is 864. The molecule has 0 aliphatic carbocycles. The fourth-order valence-electron chi connectivity index (χ4n) is 2.23. The summed E-state index contributed by atoms with van der Waals surface area (Å²) in [5.74, 6) is -2.11. The molecule has 0 radical (unpaired) electrons. The third-order valence-electron chi connectivity index (χ3n) is 3.43. The molecule has 0 aliphatic heterocycles. The van der Waals surface area contributed by atoms with Crippen LogP contribution in [-0.2, 0) is 0 Å². The molecular weight excluding hydrogens is 378 g/mol. The van der Waals surface area contributed by atoms with E-state index in [1.807, 2.05) is 0 Å². The Hall–Kier alpha value is -2.87. The Morgan fingerprint density at radius 2 is 1.78 bits per heavy atom. The predicted octanol–water partition coefficient (Wildman–Crippen LogP) is 4.18. The summed E-state index contributed by atoms with van der Waals surface area (Å²) < 4.78 is 26.9. The van der Waals surface area contributed by atoms with E-state index in [-0.39, 0.29) is 22.0 Å². The van der Waals surface area contributed by atoms with Gasteiger partial charge in [-0.2, -0.15) is 0 Å². The van der Waals surface area contributed by atoms with E-state index in [0.29, 0.717) is 0 Å². The van der Waals surface area contributed by atoms with Crippen molar-refractivity contribution in [3.8, 4) is 0 Å². The molecule has 0 spiro atoms. The minimum absolute atomic E-state index is 0.159. The van der Waals surface area contributed by atoms with E-state index in [1.54, 1.807) is 20.8 Å². The van der Waals surface area contributed by atoms with Crippen LogP contribution in [0.3, 0.4) is 0 Å². The van der Waals surface area contributed by atoms with Crippen LogP contribution in [0.5, 0.6) is 0 Å². The largest absolute Gasteiger partial charge is 0.399 e. The Kier molecular flexibility index (Phi) is 5.90. The number of anilines is 2. The van der Waals surface area contributed by atoms with Gasteiger partial charge in [-0.05, 0) is 51.1 Å². The minimum Gasteiger partial charge on any atom is -0.399 e. The van der Waals surface area contributed by atoms with Gasteiger partial charge in [0.2, 0.25) is 0 Å². The van der Waals surface area contributed by atoms with Gasteiger partial charge in [0.15, 0.2) is 0 Å². The van der Waals surface area contributed by atoms with Crippen molar-refractivity contribution in [2.45, 2.75) is 26.3 Å². The number of carbonyl (C=O) groups excluding carboxylic acids is 2. The topological polar surface area (TPSA) is 87.5 Å². The molecule has 0 unspecified atom stereocenters. The highest BCUT2D eigenvalue weighted by atomic mass is 35.5. The van der Waals surface area contributed by atoms with Crippen molar-refractivity contribution < 1.29 is 18.4 Å². The molecule has 0 saturated heterocycles. The second-order valence-corrected chi connectivity index (χ2v) is 7.21. The van der Waals surface area contributed by atoms with Crippen molar-refractivity contribution >= 4 is 34.9 Å². The Balaban J connectivity index is 2.25. The highest BCUT2D eigenvalue weighted by Crippen LogP contribution is 2.21. The van der Waals surface area contributed by atoms with E-state index < -0.39 is 29.1 Å². The van der Waals surface area contributed by atoms with E-state index in [9.17, 15) is 18.4 Å². The first-order chi connectivity index (χ1) is 12.5. The number of halogens is 3. The maximum Gasteiger partial charge on any atom is 0.338 e. The monoisotopic (exact) mass is 396 g/mol. The number of urea groups is 1. The molecule has 0 aliphatic rings. The normalized spacial score (nSPS) is 11.0. The number of nitrogens with zero attached hydrogens (tertiary/aromatic N) is 1. The average molecular weight is 397 g/mol. The fraction of sp³-hybridized carbons (Fsp3) is 0.222. The van der Waals surface area contributed by atoms with Crippen LogP contribution in [0, 0.1) is 11.6 Å². The summed E-state index contributed by atoms with van der Waals surface area (Å²) in [7, 11) is 0. The van der Waals surface area contributed by atoms with Crippen molar-refractivity contribution in [3.05, 3.63) is 58.6 Å². The summed E-state index contributed by atoms with van der Waals surface area (Å²) in [6.07, 6.45) is 0. The molecule has 2 aromatic rings. The molecule has 2 rings (SSSR count). The highest BCUT2D eigenvalue weighted by molar-refractivity contribution is 6.31. The molecule has 0 saturated carbocycles. The standard InChI is InChI=1S/C18H19ClF2N4O2/c1-18(2,3)25(16(26)10-6-11(19)8-13(22)7-10)24-17(27)23-15-9-12(20)4-5-14(15)21/h4-9H,22H2,1-3H3,(H2,23,24,27). The number of benzene rings is 2. The fourth-order valence-corrected chi connectivity index (χ4v) is 2.48. The lowest BCUT2D eigenvalue weighted by Gasteiger charge is -2.35. The molecule has 4 N–H and O–H groups in total. The molecular formula is C18H19ClF2N4O2. The van der Waals surface area contributed by atoms with Crippen molar-refractivity contribution in [2.75, 3.05) is 11.1 Å². The van der Waals surface area contributed by atoms with Crippen LogP contribution >= 0.6 is 11.6 Å². The quantitative estimate of drug-likeness (QED) is 0.525. The zero-order chi connectivity index (χ0) is 20.4. The summed E-state index contributed by atoms with van der Waals surface area (Å²) in [5, 5.41) is 3.48. The van der Waals surface area contributed by atoms with E-state index in [4.69, 9.17) is 17.3 Å². The van der Waals surface area contributed by atoms with E-state index in [1.165, 1.54) is 18.2 Å². The highest BCUT2D eigenvalue weighted by Gasteiger charge is 2.30. The molecule has 6 nitrogen and oxygen atoms in total. The molecule has 144 valence electrons. The smallest absolute Gasteiger partial charge is 0.338 e. The second kappa shape index (κ2) is 7.79. The Morgan fingerprint density at radius 3 is 2.37 bits per heavy atom. The van der Waals surface area contributed by atoms with Crippen LogP contribution in [0.2, 0.25) is 5.02 Å². The van der Waals surface area contributed by atoms with Gasteiger partial charge in [-0.1, -0.05) is 11.6 Å². The number of carbonyl (C=O) groups is 2. The summed E-state index contributed by atoms with van der Waals surface area (Å²) >= 11 is 5.93. The summed E-state index contributed by atoms with van der Waals surface area (Å²) in [4.78, 5) is 25.1. The number of hydrogen-bond donors (Lipinski definition) is 3. The third-order valence-corrected chi connectivity index (χ3v) is 3.65. The molecule has 2 aromatic carbocycles. The Labute approximate surface area is 160 Å². The van der Waals surface area contributed by atoms with E-state index in [2.05, 4.69) is 10.7 Å². The van der Waals surface area contributed by atoms with Crippen LogP contribution in [0.1, 0.15) is 31.1 Å². The number of nitrogen functional groups attached to an aromatic ring is 1. The summed E-state index contributed by atoms with van der Waals surface area (Å²) in [6.45, 7) is 5.05. The van der Waals surface area contributed by atoms with Gasteiger partial charge in [-0.25, -0.2) is 24.0 Å². The van der Waals surface area contributed by atoms with Gasteiger partial charge < -0.3 is 11.1 Å². The predicted molar refractivity (Wildman–Crippen MR) is 100 cm³/mol. The van der Waals surface area contributed by atoms with Gasteiger partial charge in [0, 0.05) is 22.3 Å². The van der Waals surface area contributed by atoms with Crippen molar-refractivity contribution in [3.63, 3.8) is 0 Å². The van der Waals surface area contributed by atoms with E-state index in [0.717, 1.165) is 23.2 Å². The zero-order valence-electron chi connectivity index (χ0n) is 14.9. The third kappa shape index (κ3) is 5.30. The number of nitrogens with one attached hydrogen (secondary N) is 2. The van der Waals surface area contributed by atoms with Gasteiger partial charge >= 0.3 is 6.03 Å². The van der Waals surface area contributed by atoms with Crippen LogP contribution in [-0.4, -0.2) is 22.5 Å². The lowest BCUT2D eigenvalue weighted by molar-refractivity contribution is 0.0460. The van der Waals surface area contributed by atoms with Gasteiger partial charge in [-0.15, -0.1) is 0 Å². The van der Waals surface area contributed by atoms with Gasteiger partial charge in [0.25, 0.3) is 5.91 Å². The Morgan fingerprint density at radius 1 is 1.11 bits per heavy atom. The van der Waals surface area contributed by atoms with Crippen LogP contribution < -0.4 is 16.5 Å². The number of amides is 3.